The molecule has 7 heavy (non-hydrogen) atoms. The van der Waals surface area contributed by atoms with Gasteiger partial charge in [-0.2, -0.15) is 0 Å². The number of rotatable bonds is 0. The molecule has 0 fully saturated rings. The van der Waals surface area contributed by atoms with Crippen LogP contribution < -0.4 is 62.0 Å². The molecule has 0 aliphatic heterocycles. The third-order valence-electron chi connectivity index (χ3n) is 0. The molecule has 0 nitrogen and oxygen atoms in total. The van der Waals surface area contributed by atoms with Crippen LogP contribution in [-0.2, 0) is 34.1 Å². The third kappa shape index (κ3) is 57.7. The SMILES string of the molecule is [Cl-].[Cl-].[Cl-].[Cl-].[Cl-].[Fe+2].[Fe+2]. The van der Waals surface area contributed by atoms with E-state index in [-0.39, 0.29) is 96.2 Å². The van der Waals surface area contributed by atoms with Crippen molar-refractivity contribution < 1.29 is 96.2 Å². The van der Waals surface area contributed by atoms with Gasteiger partial charge in [-0.15, -0.1) is 0 Å². The Balaban J connectivity index is 0. The van der Waals surface area contributed by atoms with E-state index in [2.05, 4.69) is 0 Å². The summed E-state index contributed by atoms with van der Waals surface area (Å²) in [6, 6.07) is 0. The van der Waals surface area contributed by atoms with Crippen molar-refractivity contribution in [3.63, 3.8) is 0 Å². The molecule has 0 saturated carbocycles. The van der Waals surface area contributed by atoms with E-state index in [9.17, 15) is 0 Å². The fourth-order valence-electron chi connectivity index (χ4n) is 0. The summed E-state index contributed by atoms with van der Waals surface area (Å²) in [4.78, 5) is 0. The van der Waals surface area contributed by atoms with E-state index in [1.54, 1.807) is 0 Å². The van der Waals surface area contributed by atoms with Gasteiger partial charge < -0.3 is 62.0 Å². The maximum atomic E-state index is 0. The Labute approximate surface area is 95.3 Å². The van der Waals surface area contributed by atoms with E-state index < -0.39 is 0 Å². The average molecular weight is 289 g/mol. The first-order valence-electron chi connectivity index (χ1n) is 0. The normalized spacial score (nSPS) is 0. The maximum absolute atomic E-state index is 0. The molecule has 0 aromatic heterocycles. The fourth-order valence-corrected chi connectivity index (χ4v) is 0. The van der Waals surface area contributed by atoms with Gasteiger partial charge in [0, 0.05) is 0 Å². The Morgan fingerprint density at radius 3 is 0.286 bits per heavy atom. The molecule has 0 aliphatic carbocycles. The Morgan fingerprint density at radius 1 is 0.286 bits per heavy atom. The minimum Gasteiger partial charge on any atom is -1.00 e. The van der Waals surface area contributed by atoms with Crippen LogP contribution in [0.5, 0.6) is 0 Å². The van der Waals surface area contributed by atoms with E-state index in [1.165, 1.54) is 0 Å². The summed E-state index contributed by atoms with van der Waals surface area (Å²) in [6.45, 7) is 0. The van der Waals surface area contributed by atoms with Crippen LogP contribution >= 0.6 is 0 Å². The minimum absolute atomic E-state index is 0. The van der Waals surface area contributed by atoms with Crippen molar-refractivity contribution in [3.05, 3.63) is 0 Å². The zero-order valence-corrected chi connectivity index (χ0v) is 8.58. The van der Waals surface area contributed by atoms with Gasteiger partial charge in [0.2, 0.25) is 0 Å². The summed E-state index contributed by atoms with van der Waals surface area (Å²) in [5.41, 5.74) is 0. The molecule has 0 unspecified atom stereocenters. The molecule has 0 aliphatic rings. The second-order valence-electron chi connectivity index (χ2n) is 0. The number of hydrogen-bond acceptors (Lipinski definition) is 0. The summed E-state index contributed by atoms with van der Waals surface area (Å²) in [5.74, 6) is 0. The molecule has 0 aromatic rings. The maximum Gasteiger partial charge on any atom is 2.00 e. The molecule has 0 atom stereocenters. The molecule has 0 radical (unpaired) electrons. The first-order chi connectivity index (χ1) is 0. The van der Waals surface area contributed by atoms with Gasteiger partial charge in [0.05, 0.1) is 0 Å². The Kier molecular flexibility index (Phi) is 1210. The zero-order valence-electron chi connectivity index (χ0n) is 2.60. The van der Waals surface area contributed by atoms with E-state index in [4.69, 9.17) is 0 Å². The number of hydrogen-bond donors (Lipinski definition) is 0. The predicted octanol–water partition coefficient (Wildman–Crippen LogP) is -15.0. The summed E-state index contributed by atoms with van der Waals surface area (Å²) < 4.78 is 0. The van der Waals surface area contributed by atoms with E-state index in [0.717, 1.165) is 0 Å². The molecule has 52 valence electrons. The predicted molar refractivity (Wildman–Crippen MR) is 0 cm³/mol. The molecule has 0 N–H and O–H groups in total. The Morgan fingerprint density at radius 2 is 0.286 bits per heavy atom. The molecule has 0 bridgehead atoms. The van der Waals surface area contributed by atoms with Gasteiger partial charge in [-0.1, -0.05) is 0 Å². The van der Waals surface area contributed by atoms with Crippen molar-refractivity contribution in [2.24, 2.45) is 0 Å². The molecular weight excluding hydrogens is 289 g/mol. The third-order valence-corrected chi connectivity index (χ3v) is 0. The Hall–Kier alpha value is 2.49. The molecule has 0 aromatic carbocycles. The largest absolute Gasteiger partial charge is 2.00 e. The van der Waals surface area contributed by atoms with Gasteiger partial charge in [0.1, 0.15) is 0 Å². The first kappa shape index (κ1) is 110. The second kappa shape index (κ2) is 76.9. The van der Waals surface area contributed by atoms with Gasteiger partial charge in [-0.3, -0.25) is 0 Å². The van der Waals surface area contributed by atoms with Gasteiger partial charge in [0.25, 0.3) is 0 Å². The van der Waals surface area contributed by atoms with Crippen molar-refractivity contribution in [2.45, 2.75) is 0 Å². The topological polar surface area (TPSA) is 0 Å². The molecule has 0 spiro atoms. The van der Waals surface area contributed by atoms with Gasteiger partial charge in [-0.25, -0.2) is 0 Å². The van der Waals surface area contributed by atoms with Crippen molar-refractivity contribution in [1.29, 1.82) is 0 Å². The first-order valence-corrected chi connectivity index (χ1v) is 0. The van der Waals surface area contributed by atoms with E-state index >= 15 is 0 Å². The van der Waals surface area contributed by atoms with Crippen LogP contribution in [0.15, 0.2) is 0 Å². The van der Waals surface area contributed by atoms with E-state index in [0.29, 0.717) is 0 Å². The van der Waals surface area contributed by atoms with Gasteiger partial charge >= 0.3 is 34.1 Å². The second-order valence-corrected chi connectivity index (χ2v) is 0. The summed E-state index contributed by atoms with van der Waals surface area (Å²) >= 11 is 0. The van der Waals surface area contributed by atoms with Gasteiger partial charge in [-0.05, 0) is 0 Å². The summed E-state index contributed by atoms with van der Waals surface area (Å²) in [5, 5.41) is 0. The van der Waals surface area contributed by atoms with Crippen LogP contribution in [0, 0.1) is 0 Å². The van der Waals surface area contributed by atoms with Gasteiger partial charge in [0.15, 0.2) is 0 Å². The molecule has 0 amide bonds. The molecule has 0 rings (SSSR count). The molecule has 7 heteroatoms. The standard InChI is InChI=1S/5ClH.2Fe/h5*1H;;/q;;;;;2*+2/p-5. The average Bonchev–Trinajstić information content (AvgIpc) is 0. The Bertz CT molecular complexity index is 6.04. The monoisotopic (exact) mass is 287 g/mol. The van der Waals surface area contributed by atoms with Crippen molar-refractivity contribution in [2.75, 3.05) is 0 Å². The van der Waals surface area contributed by atoms with Crippen molar-refractivity contribution in [1.82, 2.24) is 0 Å². The zero-order chi connectivity index (χ0) is 0. The van der Waals surface area contributed by atoms with Crippen molar-refractivity contribution in [3.8, 4) is 0 Å². The summed E-state index contributed by atoms with van der Waals surface area (Å²) in [7, 11) is 0. The van der Waals surface area contributed by atoms with Crippen LogP contribution in [0.3, 0.4) is 0 Å². The quantitative estimate of drug-likeness (QED) is 0.389. The molecular formula is Cl5Fe2-. The molecule has 0 heterocycles. The van der Waals surface area contributed by atoms with Crippen LogP contribution in [-0.4, -0.2) is 0 Å². The summed E-state index contributed by atoms with van der Waals surface area (Å²) in [6.07, 6.45) is 0. The fraction of sp³-hybridized carbons (Fsp3) is 0. The van der Waals surface area contributed by atoms with Crippen LogP contribution in [0.1, 0.15) is 0 Å². The van der Waals surface area contributed by atoms with Crippen LogP contribution in [0.25, 0.3) is 0 Å². The van der Waals surface area contributed by atoms with Crippen LogP contribution in [0.4, 0.5) is 0 Å². The van der Waals surface area contributed by atoms with Crippen LogP contribution in [0.2, 0.25) is 0 Å². The number of halogens is 5. The van der Waals surface area contributed by atoms with E-state index in [1.807, 2.05) is 0 Å². The minimum atomic E-state index is 0. The van der Waals surface area contributed by atoms with Crippen molar-refractivity contribution >= 4 is 0 Å². The molecule has 0 saturated heterocycles. The smallest absolute Gasteiger partial charge is 1.00 e.